The number of nitrogens with two attached hydrogens (primary N) is 1. The SMILES string of the molecule is N[C@@]1(C(=O)NCC(F)(F)F)CCCN1c1nc(C2=CNC3NC=C(Cl)C=C23)ncc1F. The molecule has 0 radical (unpaired) electrons. The molecule has 3 aliphatic rings. The predicted molar refractivity (Wildman–Crippen MR) is 105 cm³/mol. The number of carbonyl (C=O) groups excluding carboxylic acids is 1. The third-order valence-corrected chi connectivity index (χ3v) is 5.40. The van der Waals surface area contributed by atoms with Crippen LogP contribution in [0.3, 0.4) is 0 Å². The van der Waals surface area contributed by atoms with Crippen molar-refractivity contribution in [2.75, 3.05) is 18.0 Å². The Bertz CT molecular complexity index is 1010. The largest absolute Gasteiger partial charge is 0.405 e. The number of halogens is 5. The molecule has 1 saturated heterocycles. The van der Waals surface area contributed by atoms with Crippen LogP contribution in [-0.2, 0) is 4.79 Å². The second-order valence-corrected chi connectivity index (χ2v) is 7.73. The van der Waals surface area contributed by atoms with Crippen LogP contribution in [0.15, 0.2) is 35.3 Å². The number of amides is 1. The number of nitrogens with one attached hydrogen (secondary N) is 3. The van der Waals surface area contributed by atoms with Crippen molar-refractivity contribution in [1.82, 2.24) is 25.9 Å². The molecule has 0 saturated carbocycles. The summed E-state index contributed by atoms with van der Waals surface area (Å²) in [7, 11) is 0. The quantitative estimate of drug-likeness (QED) is 0.504. The van der Waals surface area contributed by atoms with Crippen LogP contribution in [0.2, 0.25) is 0 Å². The lowest BCUT2D eigenvalue weighted by molar-refractivity contribution is -0.141. The minimum atomic E-state index is -4.60. The molecule has 8 nitrogen and oxygen atoms in total. The topological polar surface area (TPSA) is 108 Å². The molecule has 1 unspecified atom stereocenters. The summed E-state index contributed by atoms with van der Waals surface area (Å²) >= 11 is 6.05. The maximum Gasteiger partial charge on any atom is 0.405 e. The summed E-state index contributed by atoms with van der Waals surface area (Å²) in [5, 5.41) is 8.33. The van der Waals surface area contributed by atoms with Gasteiger partial charge in [0.1, 0.15) is 12.7 Å². The van der Waals surface area contributed by atoms with Crippen LogP contribution in [0.4, 0.5) is 23.4 Å². The van der Waals surface area contributed by atoms with E-state index in [1.807, 2.05) is 0 Å². The summed E-state index contributed by atoms with van der Waals surface area (Å²) < 4.78 is 52.2. The molecule has 31 heavy (non-hydrogen) atoms. The number of allylic oxidation sites excluding steroid dienone is 2. The number of aromatic nitrogens is 2. The van der Waals surface area contributed by atoms with Crippen molar-refractivity contribution in [1.29, 1.82) is 0 Å². The number of alkyl halides is 3. The minimum Gasteiger partial charge on any atom is -0.367 e. The second-order valence-electron chi connectivity index (χ2n) is 7.30. The fraction of sp³-hybridized carbons (Fsp3) is 0.389. The maximum atomic E-state index is 14.7. The lowest BCUT2D eigenvalue weighted by Gasteiger charge is -2.34. The van der Waals surface area contributed by atoms with Gasteiger partial charge in [0.05, 0.1) is 11.2 Å². The first-order chi connectivity index (χ1) is 14.6. The van der Waals surface area contributed by atoms with Crippen LogP contribution in [0.5, 0.6) is 0 Å². The number of hydrogen-bond acceptors (Lipinski definition) is 7. The summed E-state index contributed by atoms with van der Waals surface area (Å²) in [4.78, 5) is 21.9. The van der Waals surface area contributed by atoms with Gasteiger partial charge in [-0.25, -0.2) is 14.4 Å². The highest BCUT2D eigenvalue weighted by molar-refractivity contribution is 6.31. The van der Waals surface area contributed by atoms with Crippen molar-refractivity contribution in [3.8, 4) is 0 Å². The van der Waals surface area contributed by atoms with Gasteiger partial charge in [-0.05, 0) is 18.9 Å². The summed E-state index contributed by atoms with van der Waals surface area (Å²) in [5.74, 6) is -2.01. The first-order valence-electron chi connectivity index (χ1n) is 9.33. The highest BCUT2D eigenvalue weighted by Gasteiger charge is 2.47. The number of hydrogen-bond donors (Lipinski definition) is 4. The number of anilines is 1. The molecule has 4 rings (SSSR count). The van der Waals surface area contributed by atoms with Crippen molar-refractivity contribution in [2.24, 2.45) is 5.73 Å². The molecule has 1 amide bonds. The molecule has 166 valence electrons. The highest BCUT2D eigenvalue weighted by Crippen LogP contribution is 2.35. The van der Waals surface area contributed by atoms with Gasteiger partial charge < -0.3 is 26.6 Å². The van der Waals surface area contributed by atoms with Crippen molar-refractivity contribution in [3.05, 3.63) is 46.9 Å². The second kappa shape index (κ2) is 7.68. The Morgan fingerprint density at radius 1 is 1.39 bits per heavy atom. The zero-order valence-corrected chi connectivity index (χ0v) is 16.7. The fourth-order valence-corrected chi connectivity index (χ4v) is 3.90. The van der Waals surface area contributed by atoms with E-state index >= 15 is 0 Å². The van der Waals surface area contributed by atoms with Crippen LogP contribution in [-0.4, -0.2) is 47.0 Å². The Kier molecular flexibility index (Phi) is 5.30. The summed E-state index contributed by atoms with van der Waals surface area (Å²) in [6.07, 6.45) is 1.44. The third-order valence-electron chi connectivity index (χ3n) is 5.18. The zero-order valence-electron chi connectivity index (χ0n) is 15.9. The van der Waals surface area contributed by atoms with Crippen LogP contribution >= 0.6 is 11.6 Å². The molecule has 3 aliphatic heterocycles. The molecular formula is C18H18ClF4N7O. The number of carbonyl (C=O) groups is 1. The van der Waals surface area contributed by atoms with Gasteiger partial charge in [-0.15, -0.1) is 0 Å². The average molecular weight is 460 g/mol. The predicted octanol–water partition coefficient (Wildman–Crippen LogP) is 1.43. The molecule has 4 heterocycles. The van der Waals surface area contributed by atoms with E-state index in [1.54, 1.807) is 23.8 Å². The van der Waals surface area contributed by atoms with E-state index in [2.05, 4.69) is 20.6 Å². The van der Waals surface area contributed by atoms with Crippen molar-refractivity contribution in [3.63, 3.8) is 0 Å². The van der Waals surface area contributed by atoms with Gasteiger partial charge in [-0.2, -0.15) is 13.2 Å². The lowest BCUT2D eigenvalue weighted by atomic mass is 10.0. The Labute approximate surface area is 179 Å². The lowest BCUT2D eigenvalue weighted by Crippen LogP contribution is -2.63. The average Bonchev–Trinajstić information content (AvgIpc) is 3.30. The molecule has 1 fully saturated rings. The Balaban J connectivity index is 1.64. The van der Waals surface area contributed by atoms with Gasteiger partial charge in [0.15, 0.2) is 23.1 Å². The van der Waals surface area contributed by atoms with Crippen LogP contribution < -0.4 is 26.6 Å². The standard InChI is InChI=1S/C18H18ClF4N7O/c19-9-4-10-11(6-26-13(10)25-5-9)14-27-7-12(20)15(29-14)30-3-1-2-17(30,24)16(31)28-8-18(21,22)23/h4-7,13,25-26H,1-3,8,24H2,(H,28,31)/t13?,17-/m0/s1. The fourth-order valence-electron chi connectivity index (χ4n) is 3.72. The molecule has 13 heteroatoms. The van der Waals surface area contributed by atoms with Crippen LogP contribution in [0.1, 0.15) is 18.7 Å². The molecule has 1 aromatic rings. The van der Waals surface area contributed by atoms with Crippen molar-refractivity contribution >= 4 is 28.9 Å². The van der Waals surface area contributed by atoms with E-state index in [1.165, 1.54) is 4.90 Å². The van der Waals surface area contributed by atoms with E-state index < -0.39 is 30.1 Å². The number of nitrogens with zero attached hydrogens (tertiary/aromatic N) is 3. The van der Waals surface area contributed by atoms with Gasteiger partial charge in [-0.3, -0.25) is 4.79 Å². The van der Waals surface area contributed by atoms with Gasteiger partial charge in [0, 0.05) is 30.1 Å². The van der Waals surface area contributed by atoms with Gasteiger partial charge in [-0.1, -0.05) is 11.6 Å². The monoisotopic (exact) mass is 459 g/mol. The summed E-state index contributed by atoms with van der Waals surface area (Å²) in [6.45, 7) is -1.40. The zero-order chi connectivity index (χ0) is 22.4. The van der Waals surface area contributed by atoms with Gasteiger partial charge >= 0.3 is 6.18 Å². The van der Waals surface area contributed by atoms with E-state index in [0.717, 1.165) is 11.8 Å². The van der Waals surface area contributed by atoms with Crippen molar-refractivity contribution < 1.29 is 22.4 Å². The Morgan fingerprint density at radius 2 is 2.13 bits per heavy atom. The molecule has 2 atom stereocenters. The summed E-state index contributed by atoms with van der Waals surface area (Å²) in [5.41, 5.74) is 5.56. The maximum absolute atomic E-state index is 14.7. The van der Waals surface area contributed by atoms with E-state index in [-0.39, 0.29) is 30.8 Å². The normalized spacial score (nSPS) is 25.2. The molecule has 1 aromatic heterocycles. The molecule has 0 aromatic carbocycles. The molecule has 0 spiro atoms. The molecule has 0 bridgehead atoms. The van der Waals surface area contributed by atoms with Crippen LogP contribution in [0, 0.1) is 5.82 Å². The smallest absolute Gasteiger partial charge is 0.367 e. The number of rotatable bonds is 4. The molecular weight excluding hydrogens is 442 g/mol. The van der Waals surface area contributed by atoms with Crippen LogP contribution in [0.25, 0.3) is 5.57 Å². The first kappa shape index (κ1) is 21.4. The third kappa shape index (κ3) is 4.04. The van der Waals surface area contributed by atoms with Crippen molar-refractivity contribution in [2.45, 2.75) is 30.8 Å². The molecule has 5 N–H and O–H groups in total. The minimum absolute atomic E-state index is 0.0390. The van der Waals surface area contributed by atoms with Gasteiger partial charge in [0.25, 0.3) is 5.91 Å². The Morgan fingerprint density at radius 3 is 2.87 bits per heavy atom. The summed E-state index contributed by atoms with van der Waals surface area (Å²) in [6, 6.07) is 0. The number of dihydropyridines is 1. The first-order valence-corrected chi connectivity index (χ1v) is 9.71. The molecule has 0 aliphatic carbocycles. The van der Waals surface area contributed by atoms with Gasteiger partial charge in [0.2, 0.25) is 0 Å². The Hall–Kier alpha value is -2.86. The van der Waals surface area contributed by atoms with E-state index in [0.29, 0.717) is 17.0 Å². The van der Waals surface area contributed by atoms with E-state index in [9.17, 15) is 22.4 Å². The highest BCUT2D eigenvalue weighted by atomic mass is 35.5. The number of fused-ring (bicyclic) bond motifs is 1. The van der Waals surface area contributed by atoms with E-state index in [4.69, 9.17) is 17.3 Å².